The number of thiazole rings is 1. The maximum atomic E-state index is 12.6. The number of halogens is 3. The van der Waals surface area contributed by atoms with Crippen molar-refractivity contribution in [3.05, 3.63) is 23.8 Å². The number of benzene rings is 1. The summed E-state index contributed by atoms with van der Waals surface area (Å²) in [6.45, 7) is 2.60. The van der Waals surface area contributed by atoms with E-state index in [-0.39, 0.29) is 6.04 Å². The Morgan fingerprint density at radius 1 is 1.40 bits per heavy atom. The molecule has 0 amide bonds. The first kappa shape index (κ1) is 15.1. The summed E-state index contributed by atoms with van der Waals surface area (Å²) < 4.78 is 43.6. The lowest BCUT2D eigenvalue weighted by molar-refractivity contribution is -0.137. The van der Waals surface area contributed by atoms with Crippen LogP contribution in [0.5, 0.6) is 0 Å². The van der Waals surface area contributed by atoms with Gasteiger partial charge in [-0.2, -0.15) is 13.2 Å². The van der Waals surface area contributed by atoms with Gasteiger partial charge in [0.05, 0.1) is 15.8 Å². The number of methoxy groups -OCH3 is 1. The number of hydrogen-bond donors (Lipinski definition) is 1. The number of aromatic nitrogens is 1. The number of ether oxygens (including phenoxy) is 1. The molecule has 0 aliphatic rings. The van der Waals surface area contributed by atoms with Crippen LogP contribution in [0, 0.1) is 0 Å². The first-order valence-electron chi connectivity index (χ1n) is 6.13. The monoisotopic (exact) mass is 304 g/mol. The summed E-state index contributed by atoms with van der Waals surface area (Å²) in [4.78, 5) is 4.20. The highest BCUT2D eigenvalue weighted by molar-refractivity contribution is 7.22. The van der Waals surface area contributed by atoms with E-state index in [1.54, 1.807) is 7.11 Å². The third-order valence-electron chi connectivity index (χ3n) is 2.84. The van der Waals surface area contributed by atoms with Gasteiger partial charge in [0.25, 0.3) is 0 Å². The van der Waals surface area contributed by atoms with Crippen LogP contribution in [-0.2, 0) is 10.9 Å². The Balaban J connectivity index is 2.17. The maximum absolute atomic E-state index is 12.6. The van der Waals surface area contributed by atoms with Gasteiger partial charge in [-0.3, -0.25) is 0 Å². The number of nitrogens with zero attached hydrogens (tertiary/aromatic N) is 1. The zero-order valence-electron chi connectivity index (χ0n) is 11.1. The van der Waals surface area contributed by atoms with Crippen LogP contribution < -0.4 is 5.32 Å². The quantitative estimate of drug-likeness (QED) is 0.901. The van der Waals surface area contributed by atoms with Crippen molar-refractivity contribution in [3.63, 3.8) is 0 Å². The van der Waals surface area contributed by atoms with E-state index in [0.29, 0.717) is 17.3 Å². The molecule has 1 unspecified atom stereocenters. The SMILES string of the molecule is COCCC(C)Nc1nc2cc(C(F)(F)F)ccc2s1. The number of alkyl halides is 3. The molecule has 1 N–H and O–H groups in total. The molecule has 0 aliphatic heterocycles. The van der Waals surface area contributed by atoms with Crippen molar-refractivity contribution in [2.24, 2.45) is 0 Å². The van der Waals surface area contributed by atoms with Gasteiger partial charge < -0.3 is 10.1 Å². The number of hydrogen-bond acceptors (Lipinski definition) is 4. The summed E-state index contributed by atoms with van der Waals surface area (Å²) in [5, 5.41) is 3.80. The standard InChI is InChI=1S/C13H15F3N2OS/c1-8(5-6-19-2)17-12-18-10-7-9(13(14,15)16)3-4-11(10)20-12/h3-4,7-8H,5-6H2,1-2H3,(H,17,18). The minimum atomic E-state index is -4.34. The van der Waals surface area contributed by atoms with Gasteiger partial charge >= 0.3 is 6.18 Å². The van der Waals surface area contributed by atoms with Crippen molar-refractivity contribution in [3.8, 4) is 0 Å². The van der Waals surface area contributed by atoms with E-state index in [1.807, 2.05) is 6.92 Å². The van der Waals surface area contributed by atoms with Crippen molar-refractivity contribution < 1.29 is 17.9 Å². The Morgan fingerprint density at radius 2 is 2.15 bits per heavy atom. The second kappa shape index (κ2) is 5.97. The summed E-state index contributed by atoms with van der Waals surface area (Å²) in [7, 11) is 1.63. The molecule has 0 saturated heterocycles. The van der Waals surface area contributed by atoms with Crippen LogP contribution >= 0.6 is 11.3 Å². The van der Waals surface area contributed by atoms with Crippen molar-refractivity contribution in [1.82, 2.24) is 4.98 Å². The van der Waals surface area contributed by atoms with E-state index in [4.69, 9.17) is 4.74 Å². The molecular formula is C13H15F3N2OS. The zero-order chi connectivity index (χ0) is 14.8. The van der Waals surface area contributed by atoms with Crippen molar-refractivity contribution >= 4 is 26.7 Å². The van der Waals surface area contributed by atoms with Crippen LogP contribution in [0.4, 0.5) is 18.3 Å². The van der Waals surface area contributed by atoms with Crippen molar-refractivity contribution in [1.29, 1.82) is 0 Å². The zero-order valence-corrected chi connectivity index (χ0v) is 11.9. The number of nitrogens with one attached hydrogen (secondary N) is 1. The number of anilines is 1. The fourth-order valence-electron chi connectivity index (χ4n) is 1.74. The highest BCUT2D eigenvalue weighted by atomic mass is 32.1. The van der Waals surface area contributed by atoms with E-state index in [1.165, 1.54) is 17.4 Å². The highest BCUT2D eigenvalue weighted by Gasteiger charge is 2.30. The fourth-order valence-corrected chi connectivity index (χ4v) is 2.70. The van der Waals surface area contributed by atoms with E-state index in [0.717, 1.165) is 23.3 Å². The van der Waals surface area contributed by atoms with Gasteiger partial charge in [-0.25, -0.2) is 4.98 Å². The first-order valence-corrected chi connectivity index (χ1v) is 6.95. The van der Waals surface area contributed by atoms with Crippen molar-refractivity contribution in [2.75, 3.05) is 19.0 Å². The Hall–Kier alpha value is -1.34. The Morgan fingerprint density at radius 3 is 2.80 bits per heavy atom. The molecule has 110 valence electrons. The molecule has 1 aromatic heterocycles. The fraction of sp³-hybridized carbons (Fsp3) is 0.462. The highest BCUT2D eigenvalue weighted by Crippen LogP contribution is 2.34. The van der Waals surface area contributed by atoms with Gasteiger partial charge in [0, 0.05) is 19.8 Å². The van der Waals surface area contributed by atoms with Gasteiger partial charge in [0.2, 0.25) is 0 Å². The van der Waals surface area contributed by atoms with E-state index < -0.39 is 11.7 Å². The summed E-state index contributed by atoms with van der Waals surface area (Å²) in [6.07, 6.45) is -3.53. The van der Waals surface area contributed by atoms with Gasteiger partial charge in [-0.05, 0) is 31.5 Å². The van der Waals surface area contributed by atoms with Crippen LogP contribution in [0.15, 0.2) is 18.2 Å². The topological polar surface area (TPSA) is 34.1 Å². The molecule has 3 nitrogen and oxygen atoms in total. The van der Waals surface area contributed by atoms with E-state index in [2.05, 4.69) is 10.3 Å². The maximum Gasteiger partial charge on any atom is 0.416 e. The van der Waals surface area contributed by atoms with Crippen LogP contribution in [0.25, 0.3) is 10.2 Å². The summed E-state index contributed by atoms with van der Waals surface area (Å²) in [6, 6.07) is 3.77. The van der Waals surface area contributed by atoms with Gasteiger partial charge in [-0.1, -0.05) is 11.3 Å². The second-order valence-corrected chi connectivity index (χ2v) is 5.56. The van der Waals surface area contributed by atoms with Crippen LogP contribution in [0.1, 0.15) is 18.9 Å². The molecule has 1 heterocycles. The lowest BCUT2D eigenvalue weighted by Gasteiger charge is -2.11. The molecule has 1 aromatic carbocycles. The molecule has 0 bridgehead atoms. The van der Waals surface area contributed by atoms with Gasteiger partial charge in [0.1, 0.15) is 0 Å². The molecule has 0 saturated carbocycles. The predicted octanol–water partition coefficient (Wildman–Crippen LogP) is 4.15. The number of fused-ring (bicyclic) bond motifs is 1. The molecule has 20 heavy (non-hydrogen) atoms. The number of rotatable bonds is 5. The largest absolute Gasteiger partial charge is 0.416 e. The van der Waals surface area contributed by atoms with Crippen LogP contribution in [-0.4, -0.2) is 24.7 Å². The second-order valence-electron chi connectivity index (χ2n) is 4.53. The molecule has 1 atom stereocenters. The third-order valence-corrected chi connectivity index (χ3v) is 3.81. The Bertz CT molecular complexity index is 582. The summed E-state index contributed by atoms with van der Waals surface area (Å²) in [5.41, 5.74) is -0.305. The minimum Gasteiger partial charge on any atom is -0.385 e. The summed E-state index contributed by atoms with van der Waals surface area (Å²) >= 11 is 1.35. The predicted molar refractivity (Wildman–Crippen MR) is 74.2 cm³/mol. The Labute approximate surface area is 118 Å². The van der Waals surface area contributed by atoms with Gasteiger partial charge in [-0.15, -0.1) is 0 Å². The van der Waals surface area contributed by atoms with Crippen molar-refractivity contribution in [2.45, 2.75) is 25.6 Å². The van der Waals surface area contributed by atoms with Crippen LogP contribution in [0.3, 0.4) is 0 Å². The Kier molecular flexibility index (Phi) is 4.49. The molecule has 0 radical (unpaired) electrons. The van der Waals surface area contributed by atoms with Gasteiger partial charge in [0.15, 0.2) is 5.13 Å². The molecule has 0 aliphatic carbocycles. The molecule has 2 rings (SSSR count). The molecule has 7 heteroatoms. The summed E-state index contributed by atoms with van der Waals surface area (Å²) in [5.74, 6) is 0. The third kappa shape index (κ3) is 3.61. The molecular weight excluding hydrogens is 289 g/mol. The average molecular weight is 304 g/mol. The van der Waals surface area contributed by atoms with E-state index >= 15 is 0 Å². The van der Waals surface area contributed by atoms with E-state index in [9.17, 15) is 13.2 Å². The minimum absolute atomic E-state index is 0.151. The normalized spacial score (nSPS) is 13.7. The molecule has 2 aromatic rings. The van der Waals surface area contributed by atoms with Crippen LogP contribution in [0.2, 0.25) is 0 Å². The molecule has 0 spiro atoms. The average Bonchev–Trinajstić information content (AvgIpc) is 2.76. The molecule has 0 fully saturated rings. The smallest absolute Gasteiger partial charge is 0.385 e. The first-order chi connectivity index (χ1) is 9.40. The lowest BCUT2D eigenvalue weighted by Crippen LogP contribution is -2.16. The lowest BCUT2D eigenvalue weighted by atomic mass is 10.2.